The molecule has 1 aliphatic heterocycles. The number of nitrogens with zero attached hydrogens (tertiary/aromatic N) is 2. The molecule has 0 saturated heterocycles. The van der Waals surface area contributed by atoms with Crippen LogP contribution in [0.3, 0.4) is 0 Å². The molecule has 1 atom stereocenters. The van der Waals surface area contributed by atoms with E-state index in [1.54, 1.807) is 24.5 Å². The van der Waals surface area contributed by atoms with Gasteiger partial charge in [0.1, 0.15) is 5.69 Å². The van der Waals surface area contributed by atoms with Gasteiger partial charge in [-0.15, -0.1) is 0 Å². The Kier molecular flexibility index (Phi) is 2.64. The van der Waals surface area contributed by atoms with Crippen molar-refractivity contribution in [3.63, 3.8) is 0 Å². The lowest BCUT2D eigenvalue weighted by Gasteiger charge is -2.09. The molecule has 0 saturated carbocycles. The number of benzene rings is 1. The second-order valence-corrected chi connectivity index (χ2v) is 4.04. The van der Waals surface area contributed by atoms with Crippen LogP contribution in [-0.4, -0.2) is 22.2 Å². The Morgan fingerprint density at radius 1 is 1.39 bits per heavy atom. The summed E-state index contributed by atoms with van der Waals surface area (Å²) in [6, 6.07) is 9.05. The Hall–Kier alpha value is -2.43. The fourth-order valence-corrected chi connectivity index (χ4v) is 1.91. The molecule has 0 aliphatic carbocycles. The number of oxime groups is 1. The predicted molar refractivity (Wildman–Crippen MR) is 65.4 cm³/mol. The predicted octanol–water partition coefficient (Wildman–Crippen LogP) is 2.09. The monoisotopic (exact) mass is 241 g/mol. The highest BCUT2D eigenvalue weighted by atomic mass is 16.6. The Bertz CT molecular complexity index is 582. The topological polar surface area (TPSA) is 67.3 Å². The van der Waals surface area contributed by atoms with E-state index in [1.165, 1.54) is 0 Å². The molecule has 0 amide bonds. The Balaban J connectivity index is 1.89. The van der Waals surface area contributed by atoms with Gasteiger partial charge in [0.05, 0.1) is 0 Å². The Morgan fingerprint density at radius 2 is 2.33 bits per heavy atom. The first kappa shape index (κ1) is 10.7. The minimum Gasteiger partial charge on any atom is -0.388 e. The van der Waals surface area contributed by atoms with Gasteiger partial charge >= 0.3 is 0 Å². The van der Waals surface area contributed by atoms with Gasteiger partial charge in [-0.05, 0) is 17.7 Å². The van der Waals surface area contributed by atoms with Crippen LogP contribution in [0.1, 0.15) is 34.1 Å². The molecule has 2 heterocycles. The second kappa shape index (κ2) is 4.44. The highest BCUT2D eigenvalue weighted by Crippen LogP contribution is 2.25. The van der Waals surface area contributed by atoms with Crippen LogP contribution in [0.4, 0.5) is 0 Å². The molecule has 3 rings (SSSR count). The molecule has 1 aromatic carbocycles. The van der Waals surface area contributed by atoms with Crippen LogP contribution in [0.2, 0.25) is 0 Å². The van der Waals surface area contributed by atoms with Crippen LogP contribution in [0, 0.1) is 0 Å². The molecule has 1 aliphatic rings. The highest BCUT2D eigenvalue weighted by Gasteiger charge is 2.18. The number of nitrogens with one attached hydrogen (secondary N) is 1. The third-order valence-electron chi connectivity index (χ3n) is 2.85. The normalized spacial score (nSPS) is 17.7. The van der Waals surface area contributed by atoms with E-state index in [1.807, 2.05) is 18.2 Å². The molecule has 1 aromatic heterocycles. The number of rotatable bonds is 3. The highest BCUT2D eigenvalue weighted by molar-refractivity contribution is 6.07. The van der Waals surface area contributed by atoms with Crippen molar-refractivity contribution in [3.8, 4) is 0 Å². The fourth-order valence-electron chi connectivity index (χ4n) is 1.91. The van der Waals surface area contributed by atoms with E-state index < -0.39 is 0 Å². The van der Waals surface area contributed by atoms with Crippen molar-refractivity contribution in [1.82, 2.24) is 10.2 Å². The van der Waals surface area contributed by atoms with Crippen LogP contribution in [0.25, 0.3) is 0 Å². The van der Waals surface area contributed by atoms with Crippen LogP contribution in [-0.2, 0) is 4.84 Å². The number of hydrogen-bond acceptors (Lipinski definition) is 4. The van der Waals surface area contributed by atoms with Crippen LogP contribution >= 0.6 is 0 Å². The van der Waals surface area contributed by atoms with Gasteiger partial charge in [0.25, 0.3) is 0 Å². The smallest absolute Gasteiger partial charge is 0.210 e. The maximum absolute atomic E-state index is 12.1. The molecule has 2 aromatic rings. The van der Waals surface area contributed by atoms with Crippen LogP contribution in [0.15, 0.2) is 41.7 Å². The van der Waals surface area contributed by atoms with Gasteiger partial charge in [-0.25, -0.2) is 0 Å². The lowest BCUT2D eigenvalue weighted by atomic mass is 10.0. The quantitative estimate of drug-likeness (QED) is 0.836. The van der Waals surface area contributed by atoms with E-state index in [0.29, 0.717) is 11.3 Å². The summed E-state index contributed by atoms with van der Waals surface area (Å²) in [5.41, 5.74) is 2.06. The minimum absolute atomic E-state index is 0.0757. The maximum atomic E-state index is 12.1. The third kappa shape index (κ3) is 1.90. The van der Waals surface area contributed by atoms with Gasteiger partial charge in [-0.1, -0.05) is 23.4 Å². The first-order valence-corrected chi connectivity index (χ1v) is 5.66. The zero-order valence-electron chi connectivity index (χ0n) is 9.54. The number of aromatic amines is 1. The van der Waals surface area contributed by atoms with Crippen molar-refractivity contribution < 1.29 is 9.63 Å². The van der Waals surface area contributed by atoms with E-state index in [4.69, 9.17) is 4.84 Å². The van der Waals surface area contributed by atoms with Crippen molar-refractivity contribution >= 4 is 12.0 Å². The van der Waals surface area contributed by atoms with Gasteiger partial charge in [0.15, 0.2) is 6.10 Å². The number of aromatic nitrogens is 2. The Labute approximate surface area is 103 Å². The standard InChI is InChI=1S/C13H11N3O2/c17-13(11-4-6-14-16-11)10-3-1-2-9(8-10)12-5-7-15-18-12/h1-4,6-8,12H,5H2,(H,14,16). The van der Waals surface area contributed by atoms with Gasteiger partial charge in [-0.2, -0.15) is 5.10 Å². The number of carbonyl (C=O) groups excluding carboxylic acids is 1. The van der Waals surface area contributed by atoms with E-state index in [2.05, 4.69) is 15.4 Å². The summed E-state index contributed by atoms with van der Waals surface area (Å²) in [6.45, 7) is 0. The first-order valence-electron chi connectivity index (χ1n) is 5.66. The molecule has 18 heavy (non-hydrogen) atoms. The van der Waals surface area contributed by atoms with Crippen LogP contribution < -0.4 is 0 Å². The van der Waals surface area contributed by atoms with Crippen molar-refractivity contribution in [2.45, 2.75) is 12.5 Å². The lowest BCUT2D eigenvalue weighted by Crippen LogP contribution is -2.04. The lowest BCUT2D eigenvalue weighted by molar-refractivity contribution is 0.0856. The van der Waals surface area contributed by atoms with E-state index in [9.17, 15) is 4.79 Å². The van der Waals surface area contributed by atoms with E-state index >= 15 is 0 Å². The van der Waals surface area contributed by atoms with Crippen molar-refractivity contribution in [2.75, 3.05) is 0 Å². The van der Waals surface area contributed by atoms with Crippen molar-refractivity contribution in [2.24, 2.45) is 5.16 Å². The molecule has 0 radical (unpaired) electrons. The summed E-state index contributed by atoms with van der Waals surface area (Å²) in [4.78, 5) is 17.3. The number of hydrogen-bond donors (Lipinski definition) is 1. The second-order valence-electron chi connectivity index (χ2n) is 4.04. The van der Waals surface area contributed by atoms with E-state index in [-0.39, 0.29) is 11.9 Å². The maximum Gasteiger partial charge on any atom is 0.210 e. The molecule has 90 valence electrons. The van der Waals surface area contributed by atoms with Crippen molar-refractivity contribution in [1.29, 1.82) is 0 Å². The molecular formula is C13H11N3O2. The molecule has 0 bridgehead atoms. The number of H-pyrrole nitrogens is 1. The van der Waals surface area contributed by atoms with Gasteiger partial charge in [-0.3, -0.25) is 9.89 Å². The fraction of sp³-hybridized carbons (Fsp3) is 0.154. The van der Waals surface area contributed by atoms with E-state index in [0.717, 1.165) is 12.0 Å². The molecule has 1 unspecified atom stereocenters. The van der Waals surface area contributed by atoms with Gasteiger partial charge < -0.3 is 4.84 Å². The molecule has 0 spiro atoms. The summed E-state index contributed by atoms with van der Waals surface area (Å²) in [6.07, 6.45) is 3.94. The zero-order valence-corrected chi connectivity index (χ0v) is 9.54. The molecular weight excluding hydrogens is 230 g/mol. The molecule has 0 fully saturated rings. The minimum atomic E-state index is -0.0838. The van der Waals surface area contributed by atoms with Gasteiger partial charge in [0, 0.05) is 24.4 Å². The zero-order chi connectivity index (χ0) is 12.4. The summed E-state index contributed by atoms with van der Waals surface area (Å²) in [5.74, 6) is -0.0757. The number of ketones is 1. The van der Waals surface area contributed by atoms with Gasteiger partial charge in [0.2, 0.25) is 5.78 Å². The summed E-state index contributed by atoms with van der Waals surface area (Å²) in [7, 11) is 0. The summed E-state index contributed by atoms with van der Waals surface area (Å²) in [5, 5.41) is 10.2. The first-order chi connectivity index (χ1) is 8.84. The summed E-state index contributed by atoms with van der Waals surface area (Å²) >= 11 is 0. The largest absolute Gasteiger partial charge is 0.388 e. The average molecular weight is 241 g/mol. The molecule has 5 nitrogen and oxygen atoms in total. The number of carbonyl (C=O) groups is 1. The SMILES string of the molecule is O=C(c1cccc(C2CC=NO2)c1)c1ccn[nH]1. The molecule has 5 heteroatoms. The molecule has 1 N–H and O–H groups in total. The van der Waals surface area contributed by atoms with Crippen molar-refractivity contribution in [3.05, 3.63) is 53.3 Å². The Morgan fingerprint density at radius 3 is 3.06 bits per heavy atom. The van der Waals surface area contributed by atoms with Crippen LogP contribution in [0.5, 0.6) is 0 Å². The average Bonchev–Trinajstić information content (AvgIpc) is 3.11. The summed E-state index contributed by atoms with van der Waals surface area (Å²) < 4.78 is 0. The third-order valence-corrected chi connectivity index (χ3v) is 2.85.